The van der Waals surface area contributed by atoms with E-state index in [9.17, 15) is 14.4 Å². The van der Waals surface area contributed by atoms with Crippen LogP contribution in [0.4, 0.5) is 0 Å². The Labute approximate surface area is 173 Å². The Kier molecular flexibility index (Phi) is 5.27. The lowest BCUT2D eigenvalue weighted by Crippen LogP contribution is -2.21. The average Bonchev–Trinajstić information content (AvgIpc) is 3.25. The molecule has 1 aliphatic rings. The average molecular weight is 406 g/mol. The summed E-state index contributed by atoms with van der Waals surface area (Å²) in [6, 6.07) is 15.4. The van der Waals surface area contributed by atoms with Gasteiger partial charge in [-0.2, -0.15) is 0 Å². The number of fused-ring (bicyclic) bond motifs is 1. The molecule has 1 aliphatic heterocycles. The Hall–Kier alpha value is -3.61. The van der Waals surface area contributed by atoms with Gasteiger partial charge >= 0.3 is 5.97 Å². The molecule has 3 aromatic rings. The van der Waals surface area contributed by atoms with Crippen LogP contribution in [0.15, 0.2) is 54.7 Å². The maximum atomic E-state index is 12.3. The fraction of sp³-hybridized carbons (Fsp3) is 0.261. The molecule has 2 unspecified atom stereocenters. The Morgan fingerprint density at radius 1 is 1.20 bits per heavy atom. The molecule has 0 aliphatic carbocycles. The molecule has 0 bridgehead atoms. The summed E-state index contributed by atoms with van der Waals surface area (Å²) < 4.78 is 13.1. The van der Waals surface area contributed by atoms with Crippen molar-refractivity contribution >= 4 is 28.7 Å². The number of hydrogen-bond acceptors (Lipinski definition) is 5. The van der Waals surface area contributed by atoms with Crippen molar-refractivity contribution in [3.63, 3.8) is 0 Å². The second-order valence-electron chi connectivity index (χ2n) is 7.32. The molecule has 2 heterocycles. The Morgan fingerprint density at radius 2 is 1.97 bits per heavy atom. The van der Waals surface area contributed by atoms with Crippen molar-refractivity contribution in [1.82, 2.24) is 9.88 Å². The van der Waals surface area contributed by atoms with Crippen LogP contribution in [0, 0.1) is 0 Å². The van der Waals surface area contributed by atoms with E-state index in [4.69, 9.17) is 9.47 Å². The van der Waals surface area contributed by atoms with Gasteiger partial charge in [0.2, 0.25) is 11.8 Å². The van der Waals surface area contributed by atoms with Gasteiger partial charge in [0.1, 0.15) is 12.4 Å². The van der Waals surface area contributed by atoms with Crippen LogP contribution in [0.25, 0.3) is 10.9 Å². The fourth-order valence-electron chi connectivity index (χ4n) is 3.77. The standard InChI is InChI=1S/C23H22N2O5/c1-14(30-15(2)26)25-12-20(19-11-22(27)24-23(19)28)18-10-17(8-9-21(18)25)29-13-16-6-4-3-5-7-16/h3-10,12,14,19H,11,13H2,1-2H3,(H,24,27,28). The van der Waals surface area contributed by atoms with Gasteiger partial charge in [-0.1, -0.05) is 30.3 Å². The largest absolute Gasteiger partial charge is 0.489 e. The normalized spacial score (nSPS) is 17.1. The van der Waals surface area contributed by atoms with E-state index in [2.05, 4.69) is 5.32 Å². The van der Waals surface area contributed by atoms with Gasteiger partial charge in [0.05, 0.1) is 11.4 Å². The SMILES string of the molecule is CC(=O)OC(C)n1cc(C2CC(=O)NC2=O)c2cc(OCc3ccccc3)ccc21. The number of ether oxygens (including phenoxy) is 2. The van der Waals surface area contributed by atoms with E-state index in [1.807, 2.05) is 48.5 Å². The van der Waals surface area contributed by atoms with Gasteiger partial charge < -0.3 is 14.0 Å². The monoisotopic (exact) mass is 406 g/mol. The lowest BCUT2D eigenvalue weighted by Gasteiger charge is -2.15. The van der Waals surface area contributed by atoms with Crippen molar-refractivity contribution in [3.8, 4) is 5.75 Å². The quantitative estimate of drug-likeness (QED) is 0.501. The molecule has 2 aromatic carbocycles. The smallest absolute Gasteiger partial charge is 0.304 e. The first kappa shape index (κ1) is 19.7. The first-order valence-corrected chi connectivity index (χ1v) is 9.74. The number of benzene rings is 2. The number of rotatable bonds is 6. The van der Waals surface area contributed by atoms with E-state index in [-0.39, 0.29) is 18.2 Å². The van der Waals surface area contributed by atoms with Gasteiger partial charge in [0.15, 0.2) is 6.23 Å². The Morgan fingerprint density at radius 3 is 2.63 bits per heavy atom. The third-order valence-corrected chi connectivity index (χ3v) is 5.16. The number of aromatic nitrogens is 1. The highest BCUT2D eigenvalue weighted by Gasteiger charge is 2.34. The van der Waals surface area contributed by atoms with Crippen LogP contribution in [0.2, 0.25) is 0 Å². The highest BCUT2D eigenvalue weighted by Crippen LogP contribution is 2.36. The number of carbonyl (C=O) groups excluding carboxylic acids is 3. The summed E-state index contributed by atoms with van der Waals surface area (Å²) in [6.45, 7) is 3.51. The third-order valence-electron chi connectivity index (χ3n) is 5.16. The molecule has 2 atom stereocenters. The molecule has 30 heavy (non-hydrogen) atoms. The van der Waals surface area contributed by atoms with Gasteiger partial charge in [0, 0.05) is 24.9 Å². The molecular weight excluding hydrogens is 384 g/mol. The summed E-state index contributed by atoms with van der Waals surface area (Å²) in [7, 11) is 0. The predicted octanol–water partition coefficient (Wildman–Crippen LogP) is 3.43. The third kappa shape index (κ3) is 3.91. The van der Waals surface area contributed by atoms with Crippen LogP contribution in [0.1, 0.15) is 43.5 Å². The van der Waals surface area contributed by atoms with Crippen molar-refractivity contribution in [2.24, 2.45) is 0 Å². The summed E-state index contributed by atoms with van der Waals surface area (Å²) in [5.74, 6) is -0.960. The minimum absolute atomic E-state index is 0.0923. The molecule has 7 heteroatoms. The molecule has 0 spiro atoms. The van der Waals surface area contributed by atoms with Crippen molar-refractivity contribution in [3.05, 3.63) is 65.9 Å². The first-order valence-electron chi connectivity index (χ1n) is 9.74. The van der Waals surface area contributed by atoms with E-state index in [0.717, 1.165) is 16.5 Å². The van der Waals surface area contributed by atoms with Crippen LogP contribution >= 0.6 is 0 Å². The zero-order chi connectivity index (χ0) is 21.3. The molecule has 4 rings (SSSR count). The van der Waals surface area contributed by atoms with Crippen LogP contribution in [0.3, 0.4) is 0 Å². The molecule has 154 valence electrons. The van der Waals surface area contributed by atoms with Gasteiger partial charge in [0.25, 0.3) is 0 Å². The summed E-state index contributed by atoms with van der Waals surface area (Å²) >= 11 is 0. The number of nitrogens with zero attached hydrogens (tertiary/aromatic N) is 1. The molecule has 7 nitrogen and oxygen atoms in total. The number of amides is 2. The number of hydrogen-bond donors (Lipinski definition) is 1. The van der Waals surface area contributed by atoms with Crippen molar-refractivity contribution in [2.75, 3.05) is 0 Å². The summed E-state index contributed by atoms with van der Waals surface area (Å²) in [5, 5.41) is 3.14. The summed E-state index contributed by atoms with van der Waals surface area (Å²) in [6.07, 6.45) is 1.31. The molecule has 0 radical (unpaired) electrons. The summed E-state index contributed by atoms with van der Waals surface area (Å²) in [4.78, 5) is 35.5. The maximum absolute atomic E-state index is 12.3. The van der Waals surface area contributed by atoms with E-state index in [1.165, 1.54) is 6.92 Å². The van der Waals surface area contributed by atoms with Crippen molar-refractivity contribution in [1.29, 1.82) is 0 Å². The van der Waals surface area contributed by atoms with Gasteiger partial charge in [-0.3, -0.25) is 19.7 Å². The molecule has 1 N–H and O–H groups in total. The molecule has 1 fully saturated rings. The van der Waals surface area contributed by atoms with Crippen molar-refractivity contribution in [2.45, 2.75) is 39.0 Å². The zero-order valence-electron chi connectivity index (χ0n) is 16.8. The Bertz CT molecular complexity index is 1120. The molecule has 2 amide bonds. The highest BCUT2D eigenvalue weighted by molar-refractivity contribution is 6.08. The minimum atomic E-state index is -0.588. The number of carbonyl (C=O) groups is 3. The van der Waals surface area contributed by atoms with E-state index < -0.39 is 18.1 Å². The van der Waals surface area contributed by atoms with E-state index >= 15 is 0 Å². The second-order valence-corrected chi connectivity index (χ2v) is 7.32. The number of nitrogens with one attached hydrogen (secondary N) is 1. The van der Waals surface area contributed by atoms with Gasteiger partial charge in [-0.25, -0.2) is 0 Å². The van der Waals surface area contributed by atoms with Crippen molar-refractivity contribution < 1.29 is 23.9 Å². The minimum Gasteiger partial charge on any atom is -0.489 e. The number of esters is 1. The van der Waals surface area contributed by atoms with Crippen LogP contribution in [-0.4, -0.2) is 22.4 Å². The topological polar surface area (TPSA) is 86.6 Å². The summed E-state index contributed by atoms with van der Waals surface area (Å²) in [5.41, 5.74) is 2.54. The molecular formula is C23H22N2O5. The van der Waals surface area contributed by atoms with Crippen LogP contribution in [0.5, 0.6) is 5.75 Å². The highest BCUT2D eigenvalue weighted by atomic mass is 16.6. The van der Waals surface area contributed by atoms with E-state index in [0.29, 0.717) is 17.9 Å². The van der Waals surface area contributed by atoms with E-state index in [1.54, 1.807) is 17.7 Å². The lowest BCUT2D eigenvalue weighted by molar-refractivity contribution is -0.149. The molecule has 1 saturated heterocycles. The number of imide groups is 1. The first-order chi connectivity index (χ1) is 14.4. The maximum Gasteiger partial charge on any atom is 0.304 e. The lowest BCUT2D eigenvalue weighted by atomic mass is 9.97. The zero-order valence-corrected chi connectivity index (χ0v) is 16.8. The predicted molar refractivity (Wildman–Crippen MR) is 110 cm³/mol. The Balaban J connectivity index is 1.72. The second kappa shape index (κ2) is 8.02. The van der Waals surface area contributed by atoms with Gasteiger partial charge in [-0.05, 0) is 36.2 Å². The van der Waals surface area contributed by atoms with Crippen LogP contribution < -0.4 is 10.1 Å². The molecule has 1 aromatic heterocycles. The molecule has 0 saturated carbocycles. The van der Waals surface area contributed by atoms with Gasteiger partial charge in [-0.15, -0.1) is 0 Å². The fourth-order valence-corrected chi connectivity index (χ4v) is 3.77. The van der Waals surface area contributed by atoms with Crippen LogP contribution in [-0.2, 0) is 25.7 Å².